The van der Waals surface area contributed by atoms with E-state index in [1.807, 2.05) is 0 Å². The summed E-state index contributed by atoms with van der Waals surface area (Å²) < 4.78 is 4.64. The second-order valence-corrected chi connectivity index (χ2v) is 3.86. The molecule has 2 rings (SSSR count). The highest BCUT2D eigenvalue weighted by Crippen LogP contribution is 2.31. The number of hydrogen-bond acceptors (Lipinski definition) is 4. The first-order valence-electron chi connectivity index (χ1n) is 4.93. The molecule has 2 atom stereocenters. The van der Waals surface area contributed by atoms with Gasteiger partial charge in [0.2, 0.25) is 0 Å². The van der Waals surface area contributed by atoms with E-state index in [0.29, 0.717) is 12.8 Å². The van der Waals surface area contributed by atoms with Crippen LogP contribution in [0.25, 0.3) is 0 Å². The van der Waals surface area contributed by atoms with Crippen LogP contribution in [0.15, 0.2) is 11.8 Å². The van der Waals surface area contributed by atoms with Crippen molar-refractivity contribution in [3.05, 3.63) is 11.8 Å². The maximum absolute atomic E-state index is 11.6. The van der Waals surface area contributed by atoms with E-state index in [1.54, 1.807) is 0 Å². The first-order valence-corrected chi connectivity index (χ1v) is 4.93. The largest absolute Gasteiger partial charge is 0.512 e. The number of aliphatic hydroxyl groups is 1. The van der Waals surface area contributed by atoms with Crippen LogP contribution < -0.4 is 0 Å². The Balaban J connectivity index is 2.22. The number of fused-ring (bicyclic) bond motifs is 1. The Morgan fingerprint density at radius 2 is 2.33 bits per heavy atom. The molecule has 5 nitrogen and oxygen atoms in total. The molecule has 2 heterocycles. The Hall–Kier alpha value is -1.52. The molecule has 0 spiro atoms. The minimum Gasteiger partial charge on any atom is -0.512 e. The van der Waals surface area contributed by atoms with Gasteiger partial charge in [-0.25, -0.2) is 4.79 Å². The van der Waals surface area contributed by atoms with Crippen LogP contribution in [-0.2, 0) is 14.3 Å². The van der Waals surface area contributed by atoms with Crippen molar-refractivity contribution in [3.8, 4) is 0 Å². The fraction of sp³-hybridized carbons (Fsp3) is 0.600. The molecule has 0 bridgehead atoms. The maximum Gasteiger partial charge on any atom is 0.328 e. The van der Waals surface area contributed by atoms with Gasteiger partial charge in [0.25, 0.3) is 5.91 Å². The normalized spacial score (nSPS) is 29.8. The molecule has 0 unspecified atom stereocenters. The number of aliphatic hydroxyl groups excluding tert-OH is 1. The molecular weight excluding hydrogens is 198 g/mol. The molecule has 1 N–H and O–H groups in total. The third kappa shape index (κ3) is 1.58. The Labute approximate surface area is 87.3 Å². The second-order valence-electron chi connectivity index (χ2n) is 3.86. The van der Waals surface area contributed by atoms with E-state index < -0.39 is 6.04 Å². The Kier molecular flexibility index (Phi) is 2.38. The molecule has 1 saturated heterocycles. The van der Waals surface area contributed by atoms with Crippen molar-refractivity contribution in [2.24, 2.45) is 0 Å². The molecule has 0 radical (unpaired) electrons. The predicted octanol–water partition coefficient (Wildman–Crippen LogP) is 0.365. The lowest BCUT2D eigenvalue weighted by Crippen LogP contribution is -2.46. The van der Waals surface area contributed by atoms with E-state index in [-0.39, 0.29) is 23.7 Å². The summed E-state index contributed by atoms with van der Waals surface area (Å²) in [5.74, 6) is -0.566. The molecule has 5 heteroatoms. The van der Waals surface area contributed by atoms with Gasteiger partial charge in [-0.2, -0.15) is 0 Å². The third-order valence-electron chi connectivity index (χ3n) is 2.97. The van der Waals surface area contributed by atoms with Crippen LogP contribution in [0.5, 0.6) is 0 Å². The van der Waals surface area contributed by atoms with Gasteiger partial charge in [-0.3, -0.25) is 4.79 Å². The van der Waals surface area contributed by atoms with Crippen LogP contribution in [0.2, 0.25) is 0 Å². The molecule has 0 aromatic rings. The molecule has 0 saturated carbocycles. The molecule has 0 aliphatic carbocycles. The molecule has 1 amide bonds. The van der Waals surface area contributed by atoms with Crippen LogP contribution in [0, 0.1) is 0 Å². The number of carbonyl (C=O) groups excluding carboxylic acids is 2. The quantitative estimate of drug-likeness (QED) is 0.636. The van der Waals surface area contributed by atoms with E-state index in [9.17, 15) is 14.7 Å². The average Bonchev–Trinajstić information content (AvgIpc) is 2.60. The highest BCUT2D eigenvalue weighted by molar-refractivity contribution is 5.93. The second kappa shape index (κ2) is 3.56. The fourth-order valence-electron chi connectivity index (χ4n) is 2.30. The van der Waals surface area contributed by atoms with Crippen molar-refractivity contribution >= 4 is 11.9 Å². The van der Waals surface area contributed by atoms with Gasteiger partial charge in [0.15, 0.2) is 0 Å². The Bertz CT molecular complexity index is 336. The van der Waals surface area contributed by atoms with E-state index >= 15 is 0 Å². The number of carbonyl (C=O) groups is 2. The summed E-state index contributed by atoms with van der Waals surface area (Å²) in [4.78, 5) is 24.5. The number of methoxy groups -OCH3 is 1. The Morgan fingerprint density at radius 1 is 1.60 bits per heavy atom. The summed E-state index contributed by atoms with van der Waals surface area (Å²) in [6.45, 7) is 0. The number of rotatable bonds is 1. The van der Waals surface area contributed by atoms with Crippen molar-refractivity contribution in [1.82, 2.24) is 4.90 Å². The third-order valence-corrected chi connectivity index (χ3v) is 2.97. The van der Waals surface area contributed by atoms with E-state index in [4.69, 9.17) is 0 Å². The highest BCUT2D eigenvalue weighted by atomic mass is 16.5. The average molecular weight is 211 g/mol. The molecule has 2 aliphatic rings. The van der Waals surface area contributed by atoms with E-state index in [2.05, 4.69) is 4.74 Å². The fourth-order valence-corrected chi connectivity index (χ4v) is 2.30. The summed E-state index contributed by atoms with van der Waals surface area (Å²) >= 11 is 0. The van der Waals surface area contributed by atoms with E-state index in [0.717, 1.165) is 6.42 Å². The van der Waals surface area contributed by atoms with Gasteiger partial charge >= 0.3 is 5.97 Å². The van der Waals surface area contributed by atoms with Gasteiger partial charge in [-0.05, 0) is 12.8 Å². The number of hydrogen-bond donors (Lipinski definition) is 1. The minimum atomic E-state index is -0.475. The van der Waals surface area contributed by atoms with Crippen molar-refractivity contribution in [2.75, 3.05) is 7.11 Å². The van der Waals surface area contributed by atoms with Gasteiger partial charge < -0.3 is 14.7 Å². The van der Waals surface area contributed by atoms with Crippen LogP contribution in [0.3, 0.4) is 0 Å². The molecule has 82 valence electrons. The van der Waals surface area contributed by atoms with Crippen LogP contribution in [-0.4, -0.2) is 41.1 Å². The number of nitrogens with zero attached hydrogens (tertiary/aromatic N) is 1. The summed E-state index contributed by atoms with van der Waals surface area (Å²) in [5, 5.41) is 9.31. The van der Waals surface area contributed by atoms with Crippen LogP contribution in [0.4, 0.5) is 0 Å². The molecule has 1 fully saturated rings. The van der Waals surface area contributed by atoms with Gasteiger partial charge in [0.05, 0.1) is 12.9 Å². The lowest BCUT2D eigenvalue weighted by Gasteiger charge is -2.30. The molecular formula is C10H13NO4. The van der Waals surface area contributed by atoms with Crippen LogP contribution >= 0.6 is 0 Å². The van der Waals surface area contributed by atoms with Gasteiger partial charge in [0, 0.05) is 18.5 Å². The topological polar surface area (TPSA) is 66.8 Å². The summed E-state index contributed by atoms with van der Waals surface area (Å²) in [6, 6.07) is -0.525. The molecule has 2 aliphatic heterocycles. The zero-order valence-electron chi connectivity index (χ0n) is 8.47. The number of ether oxygens (including phenoxy) is 1. The summed E-state index contributed by atoms with van der Waals surface area (Å²) in [6.07, 6.45) is 2.98. The van der Waals surface area contributed by atoms with Gasteiger partial charge in [-0.15, -0.1) is 0 Å². The smallest absolute Gasteiger partial charge is 0.328 e. The molecule has 0 aromatic carbocycles. The lowest BCUT2D eigenvalue weighted by molar-refractivity contribution is -0.151. The van der Waals surface area contributed by atoms with Crippen molar-refractivity contribution in [3.63, 3.8) is 0 Å². The summed E-state index contributed by atoms with van der Waals surface area (Å²) in [5.41, 5.74) is 0. The van der Waals surface area contributed by atoms with E-state index in [1.165, 1.54) is 18.1 Å². The zero-order valence-corrected chi connectivity index (χ0v) is 8.47. The van der Waals surface area contributed by atoms with Crippen molar-refractivity contribution < 1.29 is 19.4 Å². The first-order chi connectivity index (χ1) is 7.13. The number of amides is 1. The molecule has 15 heavy (non-hydrogen) atoms. The standard InChI is InChI=1S/C10H13NO4/c1-15-10(14)8-3-2-6-4-7(12)5-9(13)11(6)8/h5-6,8,12H,2-4H2,1H3/t6-,8+/m1/s1. The van der Waals surface area contributed by atoms with Gasteiger partial charge in [-0.1, -0.05) is 0 Å². The van der Waals surface area contributed by atoms with Crippen LogP contribution in [0.1, 0.15) is 19.3 Å². The minimum absolute atomic E-state index is 0.0494. The SMILES string of the molecule is COC(=O)[C@@H]1CC[C@@H]2CC(O)=CC(=O)N21. The van der Waals surface area contributed by atoms with Crippen molar-refractivity contribution in [2.45, 2.75) is 31.3 Å². The van der Waals surface area contributed by atoms with Gasteiger partial charge in [0.1, 0.15) is 6.04 Å². The predicted molar refractivity (Wildman–Crippen MR) is 51.0 cm³/mol. The lowest BCUT2D eigenvalue weighted by atomic mass is 10.1. The summed E-state index contributed by atoms with van der Waals surface area (Å²) in [7, 11) is 1.32. The number of esters is 1. The monoisotopic (exact) mass is 211 g/mol. The maximum atomic E-state index is 11.6. The van der Waals surface area contributed by atoms with Crippen molar-refractivity contribution in [1.29, 1.82) is 0 Å². The molecule has 0 aromatic heterocycles. The Morgan fingerprint density at radius 3 is 3.00 bits per heavy atom. The first kappa shape index (κ1) is 10.0. The zero-order chi connectivity index (χ0) is 11.0. The highest BCUT2D eigenvalue weighted by Gasteiger charge is 2.43.